The van der Waals surface area contributed by atoms with Crippen molar-refractivity contribution in [2.24, 2.45) is 10.1 Å². The minimum absolute atomic E-state index is 0.0513. The zero-order chi connectivity index (χ0) is 22.6. The second-order valence-electron chi connectivity index (χ2n) is 7.35. The van der Waals surface area contributed by atoms with E-state index in [-0.39, 0.29) is 16.7 Å². The minimum atomic E-state index is -3.84. The molecule has 1 aliphatic heterocycles. The third kappa shape index (κ3) is 5.93. The summed E-state index contributed by atoms with van der Waals surface area (Å²) in [5, 5.41) is 8.02. The lowest BCUT2D eigenvalue weighted by Crippen LogP contribution is -2.28. The smallest absolute Gasteiger partial charge is 0.238 e. The van der Waals surface area contributed by atoms with Crippen LogP contribution in [0.25, 0.3) is 0 Å². The number of benzene rings is 1. The molecule has 0 unspecified atom stereocenters. The first-order valence-electron chi connectivity index (χ1n) is 10.1. The van der Waals surface area contributed by atoms with Gasteiger partial charge in [0.15, 0.2) is 11.6 Å². The molecule has 0 amide bonds. The highest BCUT2D eigenvalue weighted by atomic mass is 32.2. The number of aromatic nitrogens is 2. The average Bonchev–Trinajstić information content (AvgIpc) is 2.78. The van der Waals surface area contributed by atoms with Crippen LogP contribution in [0.4, 0.5) is 21.8 Å². The Balaban J connectivity index is 1.49. The topological polar surface area (TPSA) is 114 Å². The fourth-order valence-corrected chi connectivity index (χ4v) is 4.79. The van der Waals surface area contributed by atoms with Crippen LogP contribution in [-0.2, 0) is 10.0 Å². The third-order valence-corrected chi connectivity index (χ3v) is 6.80. The van der Waals surface area contributed by atoms with E-state index in [1.165, 1.54) is 23.8 Å². The zero-order valence-electron chi connectivity index (χ0n) is 17.2. The van der Waals surface area contributed by atoms with Crippen molar-refractivity contribution in [2.75, 3.05) is 29.9 Å². The summed E-state index contributed by atoms with van der Waals surface area (Å²) in [5.74, 6) is 1.68. The van der Waals surface area contributed by atoms with E-state index < -0.39 is 15.8 Å². The Bertz CT molecular complexity index is 1190. The van der Waals surface area contributed by atoms with Crippen LogP contribution in [0.1, 0.15) is 12.8 Å². The van der Waals surface area contributed by atoms with Gasteiger partial charge in [0.1, 0.15) is 0 Å². The number of halogens is 1. The Morgan fingerprint density at radius 2 is 2.03 bits per heavy atom. The summed E-state index contributed by atoms with van der Waals surface area (Å²) < 4.78 is 37.3. The number of allylic oxidation sites excluding steroid dienone is 3. The molecule has 32 heavy (non-hydrogen) atoms. The molecule has 168 valence electrons. The molecule has 0 spiro atoms. The maximum absolute atomic E-state index is 14.3. The molecule has 2 aliphatic rings. The van der Waals surface area contributed by atoms with Crippen molar-refractivity contribution in [3.63, 3.8) is 0 Å². The number of hydrogen-bond acceptors (Lipinski definition) is 8. The van der Waals surface area contributed by atoms with Crippen LogP contribution in [0.5, 0.6) is 0 Å². The van der Waals surface area contributed by atoms with Crippen LogP contribution in [-0.4, -0.2) is 53.6 Å². The van der Waals surface area contributed by atoms with Crippen molar-refractivity contribution in [1.29, 1.82) is 0 Å². The van der Waals surface area contributed by atoms with Crippen LogP contribution in [0, 0.1) is 5.82 Å². The Hall–Kier alpha value is -2.76. The van der Waals surface area contributed by atoms with E-state index in [1.54, 1.807) is 6.07 Å². The Kier molecular flexibility index (Phi) is 6.87. The van der Waals surface area contributed by atoms with E-state index in [2.05, 4.69) is 31.4 Å². The number of nitrogens with one attached hydrogen (secondary N) is 1. The Morgan fingerprint density at radius 1 is 1.22 bits per heavy atom. The Labute approximate surface area is 190 Å². The number of aliphatic imine (C=N–C) groups is 1. The molecular formula is C21H23FN6O2S2. The number of anilines is 2. The van der Waals surface area contributed by atoms with E-state index in [4.69, 9.17) is 5.14 Å². The molecule has 0 bridgehead atoms. The number of hydrogen-bond donors (Lipinski definition) is 2. The number of sulfonamides is 1. The minimum Gasteiger partial charge on any atom is -0.375 e. The van der Waals surface area contributed by atoms with Gasteiger partial charge in [0.25, 0.3) is 0 Å². The maximum Gasteiger partial charge on any atom is 0.238 e. The third-order valence-electron chi connectivity index (χ3n) is 4.95. The molecular weight excluding hydrogens is 451 g/mol. The maximum atomic E-state index is 14.3. The van der Waals surface area contributed by atoms with Gasteiger partial charge in [0, 0.05) is 42.2 Å². The van der Waals surface area contributed by atoms with Gasteiger partial charge in [-0.25, -0.2) is 27.9 Å². The van der Waals surface area contributed by atoms with Gasteiger partial charge in [-0.15, -0.1) is 0 Å². The van der Waals surface area contributed by atoms with Gasteiger partial charge in [-0.05, 0) is 42.7 Å². The monoisotopic (exact) mass is 474 g/mol. The predicted octanol–water partition coefficient (Wildman–Crippen LogP) is 3.36. The molecule has 0 radical (unpaired) electrons. The van der Waals surface area contributed by atoms with Crippen LogP contribution in [0.15, 0.2) is 64.3 Å². The van der Waals surface area contributed by atoms with Crippen LogP contribution >= 0.6 is 11.8 Å². The van der Waals surface area contributed by atoms with Crippen LogP contribution < -0.4 is 10.5 Å². The summed E-state index contributed by atoms with van der Waals surface area (Å²) in [5.41, 5.74) is 2.37. The van der Waals surface area contributed by atoms with E-state index in [1.807, 2.05) is 23.9 Å². The molecule has 2 heterocycles. The summed E-state index contributed by atoms with van der Waals surface area (Å²) in [6.45, 7) is 2.12. The summed E-state index contributed by atoms with van der Waals surface area (Å²) in [6.07, 6.45) is 8.66. The van der Waals surface area contributed by atoms with E-state index in [0.29, 0.717) is 12.1 Å². The second-order valence-corrected chi connectivity index (χ2v) is 10.1. The lowest BCUT2D eigenvalue weighted by Gasteiger charge is -2.26. The van der Waals surface area contributed by atoms with E-state index in [0.717, 1.165) is 42.9 Å². The van der Waals surface area contributed by atoms with Gasteiger partial charge >= 0.3 is 0 Å². The number of primary sulfonamides is 1. The van der Waals surface area contributed by atoms with Crippen molar-refractivity contribution in [3.8, 4) is 0 Å². The molecule has 11 heteroatoms. The number of nitrogens with zero attached hydrogens (tertiary/aromatic N) is 4. The normalized spacial score (nSPS) is 19.5. The molecule has 2 aromatic rings. The SMILES string of the molecule is NS(=O)(=O)c1cccc(Nc2ncc(F)c(N=C3C=CC(=CN4CCSCC4)CC3)n2)c1. The second kappa shape index (κ2) is 9.80. The summed E-state index contributed by atoms with van der Waals surface area (Å²) >= 11 is 1.97. The van der Waals surface area contributed by atoms with Crippen LogP contribution in [0.2, 0.25) is 0 Å². The fourth-order valence-electron chi connectivity index (χ4n) is 3.30. The van der Waals surface area contributed by atoms with Gasteiger partial charge in [0.2, 0.25) is 16.0 Å². The number of rotatable bonds is 5. The largest absolute Gasteiger partial charge is 0.375 e. The fraction of sp³-hybridized carbons (Fsp3) is 0.286. The van der Waals surface area contributed by atoms with Crippen molar-refractivity contribution >= 4 is 45.0 Å². The molecule has 0 atom stereocenters. The van der Waals surface area contributed by atoms with E-state index >= 15 is 0 Å². The van der Waals surface area contributed by atoms with Crippen molar-refractivity contribution in [2.45, 2.75) is 17.7 Å². The summed E-state index contributed by atoms with van der Waals surface area (Å²) in [6, 6.07) is 5.90. The van der Waals surface area contributed by atoms with Crippen molar-refractivity contribution in [3.05, 3.63) is 60.2 Å². The van der Waals surface area contributed by atoms with Gasteiger partial charge in [-0.1, -0.05) is 12.1 Å². The molecule has 0 saturated carbocycles. The molecule has 1 aromatic carbocycles. The highest BCUT2D eigenvalue weighted by Crippen LogP contribution is 2.23. The van der Waals surface area contributed by atoms with Gasteiger partial charge in [0.05, 0.1) is 11.1 Å². The highest BCUT2D eigenvalue weighted by molar-refractivity contribution is 7.99. The van der Waals surface area contributed by atoms with Gasteiger partial charge in [-0.3, -0.25) is 0 Å². The molecule has 1 fully saturated rings. The van der Waals surface area contributed by atoms with Crippen molar-refractivity contribution in [1.82, 2.24) is 14.9 Å². The molecule has 3 N–H and O–H groups in total. The first-order valence-corrected chi connectivity index (χ1v) is 12.8. The zero-order valence-corrected chi connectivity index (χ0v) is 18.9. The van der Waals surface area contributed by atoms with Crippen LogP contribution in [0.3, 0.4) is 0 Å². The molecule has 1 aromatic heterocycles. The first kappa shape index (κ1) is 22.4. The highest BCUT2D eigenvalue weighted by Gasteiger charge is 2.13. The lowest BCUT2D eigenvalue weighted by molar-refractivity contribution is 0.413. The average molecular weight is 475 g/mol. The van der Waals surface area contributed by atoms with Gasteiger partial charge < -0.3 is 10.2 Å². The van der Waals surface area contributed by atoms with Gasteiger partial charge in [-0.2, -0.15) is 16.7 Å². The standard InChI is InChI=1S/C21H23FN6O2S2/c22-19-13-24-21(26-17-2-1-3-18(12-17)32(23,29)30)27-20(19)25-16-6-4-15(5-7-16)14-28-8-10-31-11-9-28/h1-4,6,12-14H,5,7-11H2,(H2,23,29,30)(H,24,26,27). The molecule has 8 nitrogen and oxygen atoms in total. The molecule has 4 rings (SSSR count). The summed E-state index contributed by atoms with van der Waals surface area (Å²) in [7, 11) is -3.84. The predicted molar refractivity (Wildman–Crippen MR) is 126 cm³/mol. The first-order chi connectivity index (χ1) is 15.4. The summed E-state index contributed by atoms with van der Waals surface area (Å²) in [4.78, 5) is 14.7. The lowest BCUT2D eigenvalue weighted by atomic mass is 10.0. The van der Waals surface area contributed by atoms with Crippen molar-refractivity contribution < 1.29 is 12.8 Å². The van der Waals surface area contributed by atoms with E-state index in [9.17, 15) is 12.8 Å². The Morgan fingerprint density at radius 3 is 2.75 bits per heavy atom. The molecule has 1 aliphatic carbocycles. The number of thioether (sulfide) groups is 1. The number of nitrogens with two attached hydrogens (primary N) is 1. The molecule has 1 saturated heterocycles. The quantitative estimate of drug-likeness (QED) is 0.683.